The maximum atomic E-state index is 12.0. The first-order valence-electron chi connectivity index (χ1n) is 17.4. The summed E-state index contributed by atoms with van der Waals surface area (Å²) in [5.41, 5.74) is 0.552. The molecule has 0 saturated carbocycles. The van der Waals surface area contributed by atoms with Crippen LogP contribution in [0.2, 0.25) is 0 Å². The summed E-state index contributed by atoms with van der Waals surface area (Å²) in [4.78, 5) is 12.0. The molecule has 8 nitrogen and oxygen atoms in total. The van der Waals surface area contributed by atoms with Gasteiger partial charge in [-0.1, -0.05) is 95.6 Å². The van der Waals surface area contributed by atoms with Crippen molar-refractivity contribution in [1.82, 2.24) is 0 Å². The zero-order valence-electron chi connectivity index (χ0n) is 26.8. The highest BCUT2D eigenvalue weighted by atomic mass is 16.6. The second kappa shape index (κ2) is 22.3. The second-order valence-corrected chi connectivity index (χ2v) is 13.1. The highest BCUT2D eigenvalue weighted by Gasteiger charge is 2.35. The van der Waals surface area contributed by atoms with E-state index in [2.05, 4.69) is 12.1 Å². The summed E-state index contributed by atoms with van der Waals surface area (Å²) >= 11 is 0. The Morgan fingerprint density at radius 1 is 0.786 bits per heavy atom. The summed E-state index contributed by atoms with van der Waals surface area (Å²) < 4.78 is 11.5. The molecule has 246 valence electrons. The third-order valence-corrected chi connectivity index (χ3v) is 9.27. The van der Waals surface area contributed by atoms with Crippen LogP contribution < -0.4 is 0 Å². The fourth-order valence-corrected chi connectivity index (χ4v) is 6.56. The Kier molecular flexibility index (Phi) is 19.6. The van der Waals surface area contributed by atoms with Crippen molar-refractivity contribution < 1.29 is 34.8 Å². The van der Waals surface area contributed by atoms with Gasteiger partial charge in [0.15, 0.2) is 0 Å². The van der Waals surface area contributed by atoms with Crippen molar-refractivity contribution in [3.63, 3.8) is 0 Å². The minimum absolute atomic E-state index is 0.0487. The van der Waals surface area contributed by atoms with Crippen LogP contribution in [0.4, 0.5) is 0 Å². The first-order valence-corrected chi connectivity index (χ1v) is 17.4. The van der Waals surface area contributed by atoms with Crippen LogP contribution >= 0.6 is 0 Å². The number of carbonyl (C=O) groups is 1. The SMILES string of the molecule is CCCCCCCCCCC[C@H](O)[C@@H]1CC[C@@H]([C@@H](O)CCCC[C@@H](O)CCCCC[C@@H]2CC(C/C(C)=N/O)C(=O)O2)O1. The van der Waals surface area contributed by atoms with Crippen molar-refractivity contribution in [1.29, 1.82) is 0 Å². The minimum atomic E-state index is -0.504. The molecule has 8 heteroatoms. The molecule has 0 bridgehead atoms. The number of hydrogen-bond donors (Lipinski definition) is 4. The van der Waals surface area contributed by atoms with Crippen LogP contribution in [0.25, 0.3) is 0 Å². The van der Waals surface area contributed by atoms with Crippen molar-refractivity contribution in [2.45, 2.75) is 198 Å². The maximum absolute atomic E-state index is 12.0. The lowest BCUT2D eigenvalue weighted by molar-refractivity contribution is -0.144. The number of hydrogen-bond acceptors (Lipinski definition) is 8. The van der Waals surface area contributed by atoms with Gasteiger partial charge in [0.25, 0.3) is 0 Å². The number of esters is 1. The molecule has 2 saturated heterocycles. The molecule has 0 aromatic heterocycles. The van der Waals surface area contributed by atoms with Crippen molar-refractivity contribution >= 4 is 11.7 Å². The van der Waals surface area contributed by atoms with Gasteiger partial charge in [0.05, 0.1) is 42.1 Å². The third-order valence-electron chi connectivity index (χ3n) is 9.27. The van der Waals surface area contributed by atoms with E-state index >= 15 is 0 Å². The average molecular weight is 598 g/mol. The Hall–Kier alpha value is -1.22. The van der Waals surface area contributed by atoms with E-state index in [-0.39, 0.29) is 36.3 Å². The second-order valence-electron chi connectivity index (χ2n) is 13.1. The van der Waals surface area contributed by atoms with Crippen molar-refractivity contribution in [3.8, 4) is 0 Å². The monoisotopic (exact) mass is 597 g/mol. The Morgan fingerprint density at radius 2 is 1.29 bits per heavy atom. The summed E-state index contributed by atoms with van der Waals surface area (Å²) in [6.07, 6.45) is 21.1. The summed E-state index contributed by atoms with van der Waals surface area (Å²) in [5.74, 6) is -0.390. The number of rotatable bonds is 25. The van der Waals surface area contributed by atoms with Gasteiger partial charge < -0.3 is 30.0 Å². The van der Waals surface area contributed by atoms with E-state index in [0.717, 1.165) is 77.0 Å². The highest BCUT2D eigenvalue weighted by molar-refractivity contribution is 5.87. The van der Waals surface area contributed by atoms with Gasteiger partial charge >= 0.3 is 5.97 Å². The molecule has 0 radical (unpaired) electrons. The maximum Gasteiger partial charge on any atom is 0.309 e. The molecule has 2 aliphatic rings. The van der Waals surface area contributed by atoms with Crippen LogP contribution in [0.5, 0.6) is 0 Å². The van der Waals surface area contributed by atoms with E-state index in [9.17, 15) is 20.1 Å². The number of ether oxygens (including phenoxy) is 2. The lowest BCUT2D eigenvalue weighted by Crippen LogP contribution is -2.31. The van der Waals surface area contributed by atoms with E-state index in [0.29, 0.717) is 25.0 Å². The molecule has 2 heterocycles. The van der Waals surface area contributed by atoms with E-state index in [1.54, 1.807) is 6.92 Å². The lowest BCUT2D eigenvalue weighted by Gasteiger charge is -2.22. The predicted octanol–water partition coefficient (Wildman–Crippen LogP) is 7.22. The Morgan fingerprint density at radius 3 is 1.88 bits per heavy atom. The van der Waals surface area contributed by atoms with E-state index in [4.69, 9.17) is 14.7 Å². The quantitative estimate of drug-likeness (QED) is 0.0287. The molecule has 0 spiro atoms. The zero-order chi connectivity index (χ0) is 30.6. The van der Waals surface area contributed by atoms with Gasteiger partial charge in [-0.25, -0.2) is 0 Å². The van der Waals surface area contributed by atoms with Crippen LogP contribution in [-0.4, -0.2) is 68.8 Å². The molecule has 7 atom stereocenters. The average Bonchev–Trinajstić information content (AvgIpc) is 3.61. The Labute approximate surface area is 255 Å². The molecule has 2 aliphatic heterocycles. The summed E-state index contributed by atoms with van der Waals surface area (Å²) in [6.45, 7) is 3.96. The number of aliphatic hydroxyl groups is 3. The molecule has 1 unspecified atom stereocenters. The van der Waals surface area contributed by atoms with Gasteiger partial charge in [0, 0.05) is 6.42 Å². The van der Waals surface area contributed by atoms with Crippen molar-refractivity contribution in [3.05, 3.63) is 0 Å². The fourth-order valence-electron chi connectivity index (χ4n) is 6.56. The van der Waals surface area contributed by atoms with Crippen LogP contribution in [0.15, 0.2) is 5.16 Å². The van der Waals surface area contributed by atoms with Crippen molar-refractivity contribution in [2.24, 2.45) is 11.1 Å². The first kappa shape index (κ1) is 37.0. The van der Waals surface area contributed by atoms with E-state index in [1.165, 1.54) is 51.4 Å². The molecular formula is C34H63NO7. The van der Waals surface area contributed by atoms with Crippen LogP contribution in [0.1, 0.15) is 162 Å². The van der Waals surface area contributed by atoms with Gasteiger partial charge in [0.1, 0.15) is 6.10 Å². The van der Waals surface area contributed by atoms with Crippen molar-refractivity contribution in [2.75, 3.05) is 0 Å². The number of aliphatic hydroxyl groups excluding tert-OH is 3. The van der Waals surface area contributed by atoms with Gasteiger partial charge in [-0.3, -0.25) is 4.79 Å². The number of unbranched alkanes of at least 4 members (excludes halogenated alkanes) is 11. The van der Waals surface area contributed by atoms with E-state index in [1.807, 2.05) is 0 Å². The van der Waals surface area contributed by atoms with Gasteiger partial charge in [-0.05, 0) is 64.7 Å². The predicted molar refractivity (Wildman–Crippen MR) is 167 cm³/mol. The van der Waals surface area contributed by atoms with E-state index < -0.39 is 12.2 Å². The number of carbonyl (C=O) groups excluding carboxylic acids is 1. The number of oxime groups is 1. The molecule has 2 rings (SSSR count). The Bertz CT molecular complexity index is 733. The number of cyclic esters (lactones) is 1. The van der Waals surface area contributed by atoms with Crippen LogP contribution in [0, 0.1) is 5.92 Å². The molecular weight excluding hydrogens is 534 g/mol. The lowest BCUT2D eigenvalue weighted by atomic mass is 9.96. The minimum Gasteiger partial charge on any atom is -0.462 e. The van der Waals surface area contributed by atoms with Gasteiger partial charge in [0.2, 0.25) is 0 Å². The van der Waals surface area contributed by atoms with Crippen LogP contribution in [0.3, 0.4) is 0 Å². The smallest absolute Gasteiger partial charge is 0.309 e. The molecule has 0 amide bonds. The standard InChI is InChI=1S/C34H63NO7/c1-3-4-5-6-7-8-9-10-14-20-30(37)32-22-23-33(42-32)31(38)21-16-15-18-28(36)17-12-11-13-19-29-25-27(34(39)41-29)24-26(2)35-40/h27-33,36-38,40H,3-25H2,1-2H3/b35-26+/t27?,28-,29+,30-,31-,32-,33-/m0/s1. The largest absolute Gasteiger partial charge is 0.462 e. The molecule has 42 heavy (non-hydrogen) atoms. The fraction of sp³-hybridized carbons (Fsp3) is 0.941. The van der Waals surface area contributed by atoms with Crippen LogP contribution in [-0.2, 0) is 14.3 Å². The summed E-state index contributed by atoms with van der Waals surface area (Å²) in [6, 6.07) is 0. The topological polar surface area (TPSA) is 129 Å². The zero-order valence-corrected chi connectivity index (χ0v) is 26.8. The molecule has 0 aromatic carbocycles. The normalized spacial score (nSPS) is 25.1. The molecule has 0 aromatic rings. The summed E-state index contributed by atoms with van der Waals surface area (Å²) in [7, 11) is 0. The molecule has 4 N–H and O–H groups in total. The van der Waals surface area contributed by atoms with Gasteiger partial charge in [-0.15, -0.1) is 0 Å². The summed E-state index contributed by atoms with van der Waals surface area (Å²) in [5, 5.41) is 43.5. The first-order chi connectivity index (χ1) is 20.3. The molecule has 0 aliphatic carbocycles. The van der Waals surface area contributed by atoms with Gasteiger partial charge in [-0.2, -0.15) is 0 Å². The Balaban J connectivity index is 1.43. The highest BCUT2D eigenvalue weighted by Crippen LogP contribution is 2.29. The third kappa shape index (κ3) is 15.5. The number of nitrogens with zero attached hydrogens (tertiary/aromatic N) is 1. The molecule has 2 fully saturated rings.